The molecule has 148 valence electrons. The van der Waals surface area contributed by atoms with Crippen LogP contribution in [0.3, 0.4) is 0 Å². The van der Waals surface area contributed by atoms with Crippen LogP contribution in [0, 0.1) is 0 Å². The molecule has 0 bridgehead atoms. The minimum atomic E-state index is -0.653. The van der Waals surface area contributed by atoms with E-state index in [-0.39, 0.29) is 12.5 Å². The van der Waals surface area contributed by atoms with Gasteiger partial charge in [0.05, 0.1) is 12.5 Å². The Hall–Kier alpha value is -3.48. The van der Waals surface area contributed by atoms with Gasteiger partial charge in [0.15, 0.2) is 0 Å². The van der Waals surface area contributed by atoms with Gasteiger partial charge in [0.1, 0.15) is 6.61 Å². The van der Waals surface area contributed by atoms with Crippen molar-refractivity contribution in [3.63, 3.8) is 0 Å². The second kappa shape index (κ2) is 10.2. The summed E-state index contributed by atoms with van der Waals surface area (Å²) in [7, 11) is 0. The van der Waals surface area contributed by atoms with Crippen molar-refractivity contribution in [3.8, 4) is 0 Å². The van der Waals surface area contributed by atoms with Crippen molar-refractivity contribution in [1.82, 2.24) is 5.48 Å². The number of carbonyl (C=O) groups is 2. The van der Waals surface area contributed by atoms with Crippen LogP contribution >= 0.6 is 0 Å². The number of benzene rings is 3. The number of hydrogen-bond donors (Lipinski definition) is 3. The lowest BCUT2D eigenvalue weighted by Gasteiger charge is -2.16. The summed E-state index contributed by atoms with van der Waals surface area (Å²) in [6, 6.07) is 25.7. The van der Waals surface area contributed by atoms with Crippen LogP contribution in [-0.4, -0.2) is 23.6 Å². The van der Waals surface area contributed by atoms with Gasteiger partial charge in [0.2, 0.25) is 5.91 Å². The third kappa shape index (κ3) is 5.75. The highest BCUT2D eigenvalue weighted by Gasteiger charge is 2.22. The molecule has 1 atom stereocenters. The second-order valence-corrected chi connectivity index (χ2v) is 6.47. The highest BCUT2D eigenvalue weighted by molar-refractivity contribution is 5.92. The first-order valence-electron chi connectivity index (χ1n) is 9.18. The number of ether oxygens (including phenoxy) is 1. The first-order valence-corrected chi connectivity index (χ1v) is 9.18. The van der Waals surface area contributed by atoms with E-state index >= 15 is 0 Å². The van der Waals surface area contributed by atoms with Crippen LogP contribution in [0.1, 0.15) is 22.6 Å². The maximum Gasteiger partial charge on any atom is 0.255 e. The summed E-state index contributed by atoms with van der Waals surface area (Å²) in [5.41, 5.74) is 4.76. The van der Waals surface area contributed by atoms with E-state index in [0.29, 0.717) is 17.9 Å². The van der Waals surface area contributed by atoms with Gasteiger partial charge in [-0.15, -0.1) is 0 Å². The van der Waals surface area contributed by atoms with Crippen LogP contribution in [0.5, 0.6) is 0 Å². The highest BCUT2D eigenvalue weighted by atomic mass is 16.5. The van der Waals surface area contributed by atoms with E-state index in [0.717, 1.165) is 11.1 Å². The zero-order valence-electron chi connectivity index (χ0n) is 15.7. The highest BCUT2D eigenvalue weighted by Crippen LogP contribution is 2.26. The number of hydroxylamine groups is 1. The molecule has 1 unspecified atom stereocenters. The molecule has 6 heteroatoms. The largest absolute Gasteiger partial charge is 0.367 e. The molecule has 0 aromatic heterocycles. The maximum atomic E-state index is 12.2. The van der Waals surface area contributed by atoms with Crippen LogP contribution < -0.4 is 10.8 Å². The molecule has 0 aliphatic rings. The van der Waals surface area contributed by atoms with Crippen LogP contribution in [0.15, 0.2) is 84.9 Å². The Balaban J connectivity index is 1.60. The maximum absolute atomic E-state index is 12.2. The van der Waals surface area contributed by atoms with Gasteiger partial charge in [-0.25, -0.2) is 5.48 Å². The Labute approximate surface area is 169 Å². The van der Waals surface area contributed by atoms with E-state index in [2.05, 4.69) is 5.32 Å². The lowest BCUT2D eigenvalue weighted by Crippen LogP contribution is -2.27. The summed E-state index contributed by atoms with van der Waals surface area (Å²) in [4.78, 5) is 24.2. The van der Waals surface area contributed by atoms with Crippen molar-refractivity contribution in [1.29, 1.82) is 0 Å². The Morgan fingerprint density at radius 1 is 0.828 bits per heavy atom. The summed E-state index contributed by atoms with van der Waals surface area (Å²) in [6.07, 6.45) is 0. The third-order valence-electron chi connectivity index (χ3n) is 4.38. The molecule has 6 nitrogen and oxygen atoms in total. The van der Waals surface area contributed by atoms with Crippen molar-refractivity contribution in [2.75, 3.05) is 11.9 Å². The van der Waals surface area contributed by atoms with Gasteiger partial charge in [0.25, 0.3) is 5.91 Å². The van der Waals surface area contributed by atoms with Crippen LogP contribution in [0.25, 0.3) is 0 Å². The Morgan fingerprint density at radius 3 is 2.03 bits per heavy atom. The number of carbonyl (C=O) groups excluding carboxylic acids is 2. The van der Waals surface area contributed by atoms with Gasteiger partial charge in [-0.05, 0) is 28.8 Å². The molecule has 0 saturated heterocycles. The number of rotatable bonds is 8. The molecule has 0 heterocycles. The van der Waals surface area contributed by atoms with Gasteiger partial charge in [-0.1, -0.05) is 72.8 Å². The first kappa shape index (κ1) is 20.3. The fourth-order valence-electron chi connectivity index (χ4n) is 3.00. The lowest BCUT2D eigenvalue weighted by molar-refractivity contribution is -0.129. The molecular weight excluding hydrogens is 368 g/mol. The quantitative estimate of drug-likeness (QED) is 0.406. The topological polar surface area (TPSA) is 87.7 Å². The van der Waals surface area contributed by atoms with E-state index in [1.807, 2.05) is 60.7 Å². The van der Waals surface area contributed by atoms with Crippen molar-refractivity contribution in [2.45, 2.75) is 12.5 Å². The van der Waals surface area contributed by atoms with Crippen LogP contribution in [0.4, 0.5) is 5.69 Å². The Bertz CT molecular complexity index is 928. The first-order chi connectivity index (χ1) is 14.2. The van der Waals surface area contributed by atoms with Gasteiger partial charge in [0, 0.05) is 5.69 Å². The molecule has 3 aromatic rings. The molecule has 0 saturated carbocycles. The smallest absolute Gasteiger partial charge is 0.255 e. The van der Waals surface area contributed by atoms with E-state index in [1.54, 1.807) is 29.7 Å². The zero-order valence-corrected chi connectivity index (χ0v) is 15.7. The van der Waals surface area contributed by atoms with E-state index in [9.17, 15) is 9.59 Å². The van der Waals surface area contributed by atoms with E-state index in [1.165, 1.54) is 0 Å². The monoisotopic (exact) mass is 390 g/mol. The van der Waals surface area contributed by atoms with Crippen LogP contribution in [0.2, 0.25) is 0 Å². The van der Waals surface area contributed by atoms with Gasteiger partial charge < -0.3 is 10.1 Å². The number of amides is 2. The molecule has 3 rings (SSSR count). The molecular formula is C23H22N2O4. The summed E-state index contributed by atoms with van der Waals surface area (Å²) < 4.78 is 5.43. The summed E-state index contributed by atoms with van der Waals surface area (Å²) in [6.45, 7) is 0.304. The number of anilines is 1. The molecule has 2 amide bonds. The fraction of sp³-hybridized carbons (Fsp3) is 0.130. The van der Waals surface area contributed by atoms with Crippen molar-refractivity contribution < 1.29 is 19.5 Å². The minimum Gasteiger partial charge on any atom is -0.367 e. The van der Waals surface area contributed by atoms with Crippen molar-refractivity contribution >= 4 is 17.5 Å². The number of nitrogens with one attached hydrogen (secondary N) is 2. The minimum absolute atomic E-state index is 0.0593. The van der Waals surface area contributed by atoms with Crippen molar-refractivity contribution in [2.24, 2.45) is 0 Å². The number of hydrogen-bond acceptors (Lipinski definition) is 4. The summed E-state index contributed by atoms with van der Waals surface area (Å²) >= 11 is 0. The molecule has 0 aliphatic carbocycles. The summed E-state index contributed by atoms with van der Waals surface area (Å²) in [5, 5.41) is 11.9. The van der Waals surface area contributed by atoms with Gasteiger partial charge >= 0.3 is 0 Å². The molecule has 0 radical (unpaired) electrons. The predicted molar refractivity (Wildman–Crippen MR) is 109 cm³/mol. The fourth-order valence-corrected chi connectivity index (χ4v) is 3.00. The van der Waals surface area contributed by atoms with E-state index in [4.69, 9.17) is 9.94 Å². The SMILES string of the molecule is O=C(COCc1ccccc1)Nc1ccc(C(C(=O)NO)c2ccccc2)cc1. The zero-order chi connectivity index (χ0) is 20.5. The Morgan fingerprint density at radius 2 is 1.41 bits per heavy atom. The standard InChI is InChI=1S/C23H22N2O4/c26-21(16-29-15-17-7-3-1-4-8-17)24-20-13-11-19(12-14-20)22(23(27)25-28)18-9-5-2-6-10-18/h1-14,22,28H,15-16H2,(H,24,26)(H,25,27). The van der Waals surface area contributed by atoms with Crippen LogP contribution in [-0.2, 0) is 20.9 Å². The average molecular weight is 390 g/mol. The van der Waals surface area contributed by atoms with Gasteiger partial charge in [-0.2, -0.15) is 0 Å². The summed E-state index contributed by atoms with van der Waals surface area (Å²) in [5.74, 6) is -1.44. The molecule has 3 N–H and O–H groups in total. The van der Waals surface area contributed by atoms with Gasteiger partial charge in [-0.3, -0.25) is 14.8 Å². The predicted octanol–water partition coefficient (Wildman–Crippen LogP) is 3.48. The molecule has 0 aliphatic heterocycles. The molecule has 3 aromatic carbocycles. The molecule has 0 fully saturated rings. The average Bonchev–Trinajstić information content (AvgIpc) is 2.76. The molecule has 29 heavy (non-hydrogen) atoms. The van der Waals surface area contributed by atoms with Crippen molar-refractivity contribution in [3.05, 3.63) is 102 Å². The third-order valence-corrected chi connectivity index (χ3v) is 4.38. The Kier molecular flexibility index (Phi) is 7.10. The van der Waals surface area contributed by atoms with E-state index < -0.39 is 11.8 Å². The lowest BCUT2D eigenvalue weighted by atomic mass is 9.90. The normalized spacial score (nSPS) is 11.5. The second-order valence-electron chi connectivity index (χ2n) is 6.47. The molecule has 0 spiro atoms.